The Hall–Kier alpha value is -8.60. The van der Waals surface area contributed by atoms with Gasteiger partial charge in [0.1, 0.15) is 0 Å². The van der Waals surface area contributed by atoms with E-state index in [1.54, 1.807) is 0 Å². The Morgan fingerprint density at radius 2 is 0.597 bits per heavy atom. The van der Waals surface area contributed by atoms with Crippen molar-refractivity contribution in [2.24, 2.45) is 0 Å². The molecule has 0 saturated heterocycles. The second-order valence-corrected chi connectivity index (χ2v) is 23.2. The monoisotopic (exact) mass is 918 g/mol. The maximum atomic E-state index is 2.71. The highest BCUT2D eigenvalue weighted by Crippen LogP contribution is 2.55. The molecule has 0 bridgehead atoms. The van der Waals surface area contributed by atoms with E-state index in [9.17, 15) is 0 Å². The summed E-state index contributed by atoms with van der Waals surface area (Å²) < 4.78 is 10.5. The van der Waals surface area contributed by atoms with Gasteiger partial charge >= 0.3 is 0 Å². The minimum Gasteiger partial charge on any atom is -0.308 e. The smallest absolute Gasteiger partial charge is 0.0641 e. The first-order chi connectivity index (χ1) is 35.0. The van der Waals surface area contributed by atoms with Crippen molar-refractivity contribution in [3.05, 3.63) is 181 Å². The molecule has 0 atom stereocenters. The zero-order valence-electron chi connectivity index (χ0n) is 41.0. The summed E-state index contributed by atoms with van der Waals surface area (Å²) in [6.07, 6.45) is 0. The van der Waals surface area contributed by atoms with Gasteiger partial charge in [-0.25, -0.2) is 0 Å². The van der Waals surface area contributed by atoms with E-state index in [0.29, 0.717) is 0 Å². The molecular weight excluding hydrogens is 873 g/mol. The van der Waals surface area contributed by atoms with Crippen LogP contribution in [0.3, 0.4) is 0 Å². The van der Waals surface area contributed by atoms with Crippen LogP contribution in [0.4, 0.5) is 0 Å². The van der Waals surface area contributed by atoms with Crippen LogP contribution in [0.25, 0.3) is 164 Å². The Morgan fingerprint density at radius 1 is 0.250 bits per heavy atom. The molecule has 0 N–H and O–H groups in total. The summed E-state index contributed by atoms with van der Waals surface area (Å²) in [5.41, 5.74) is 20.4. The van der Waals surface area contributed by atoms with Crippen LogP contribution in [-0.2, 0) is 10.8 Å². The number of para-hydroxylation sites is 4. The van der Waals surface area contributed by atoms with Crippen molar-refractivity contribution >= 4 is 152 Å². The normalized spacial score (nSPS) is 13.7. The highest BCUT2D eigenvalue weighted by atomic mass is 15.0. The van der Waals surface area contributed by atoms with E-state index in [2.05, 4.69) is 229 Å². The fourth-order valence-corrected chi connectivity index (χ4v) is 14.4. The molecule has 4 nitrogen and oxygen atoms in total. The second kappa shape index (κ2) is 12.1. The first-order valence-electron chi connectivity index (χ1n) is 25.7. The van der Waals surface area contributed by atoms with Crippen LogP contribution in [0.15, 0.2) is 170 Å². The van der Waals surface area contributed by atoms with Crippen molar-refractivity contribution < 1.29 is 0 Å². The van der Waals surface area contributed by atoms with Crippen LogP contribution < -0.4 is 0 Å². The van der Waals surface area contributed by atoms with E-state index >= 15 is 0 Å². The summed E-state index contributed by atoms with van der Waals surface area (Å²) in [6.45, 7) is 14.3. The largest absolute Gasteiger partial charge is 0.308 e. The molecule has 8 heterocycles. The van der Waals surface area contributed by atoms with E-state index in [1.165, 1.54) is 175 Å². The number of rotatable bonds is 1. The fourth-order valence-electron chi connectivity index (χ4n) is 14.4. The van der Waals surface area contributed by atoms with E-state index < -0.39 is 0 Å². The number of hydrogen-bond donors (Lipinski definition) is 0. The van der Waals surface area contributed by atoms with Gasteiger partial charge in [-0.15, -0.1) is 0 Å². The van der Waals surface area contributed by atoms with E-state index in [-0.39, 0.29) is 10.8 Å². The summed E-state index contributed by atoms with van der Waals surface area (Å²) in [4.78, 5) is 0. The fraction of sp³-hybridized carbons (Fsp3) is 0.118. The molecule has 8 aromatic heterocycles. The topological polar surface area (TPSA) is 17.6 Å². The lowest BCUT2D eigenvalue weighted by atomic mass is 9.84. The second-order valence-electron chi connectivity index (χ2n) is 23.2. The van der Waals surface area contributed by atoms with Crippen LogP contribution in [0.5, 0.6) is 0 Å². The van der Waals surface area contributed by atoms with E-state index in [0.717, 1.165) is 0 Å². The molecule has 18 rings (SSSR count). The number of aromatic nitrogens is 4. The molecule has 338 valence electrons. The summed E-state index contributed by atoms with van der Waals surface area (Å²) in [7, 11) is 0. The number of benzene rings is 10. The quantitative estimate of drug-likeness (QED) is 0.156. The van der Waals surface area contributed by atoms with Gasteiger partial charge in [-0.2, -0.15) is 0 Å². The number of fused-ring (bicyclic) bond motifs is 26. The molecule has 0 unspecified atom stereocenters. The minimum absolute atomic E-state index is 0.0863. The molecule has 0 aliphatic rings. The molecule has 0 radical (unpaired) electrons. The summed E-state index contributed by atoms with van der Waals surface area (Å²) in [6, 6.07) is 65.5. The van der Waals surface area contributed by atoms with Gasteiger partial charge in [0.25, 0.3) is 0 Å². The van der Waals surface area contributed by atoms with Gasteiger partial charge in [-0.3, -0.25) is 0 Å². The van der Waals surface area contributed by atoms with Gasteiger partial charge in [0.2, 0.25) is 0 Å². The molecule has 72 heavy (non-hydrogen) atoms. The van der Waals surface area contributed by atoms with Gasteiger partial charge in [-0.1, -0.05) is 145 Å². The lowest BCUT2D eigenvalue weighted by Crippen LogP contribution is -2.10. The van der Waals surface area contributed by atoms with Gasteiger partial charge in [-0.05, 0) is 94.3 Å². The van der Waals surface area contributed by atoms with Crippen LogP contribution in [0.1, 0.15) is 52.7 Å². The average molecular weight is 919 g/mol. The van der Waals surface area contributed by atoms with Gasteiger partial charge < -0.3 is 17.6 Å². The first kappa shape index (κ1) is 38.2. The third-order valence-corrected chi connectivity index (χ3v) is 17.5. The summed E-state index contributed by atoms with van der Waals surface area (Å²) >= 11 is 0. The highest BCUT2D eigenvalue weighted by molar-refractivity contribution is 6.42. The maximum Gasteiger partial charge on any atom is 0.0641 e. The van der Waals surface area contributed by atoms with Gasteiger partial charge in [0.05, 0.1) is 66.2 Å². The van der Waals surface area contributed by atoms with Crippen LogP contribution in [0, 0.1) is 0 Å². The van der Waals surface area contributed by atoms with Crippen molar-refractivity contribution in [1.82, 2.24) is 17.6 Å². The summed E-state index contributed by atoms with van der Waals surface area (Å²) in [5.74, 6) is 0. The summed E-state index contributed by atoms with van der Waals surface area (Å²) in [5, 5.41) is 21.1. The standard InChI is InChI=1S/C68H46N4/c1-67(2,3)36-28-42-44-32-45-43-29-37(68(4,5)6)31-49-58-55(34-47-39-21-11-15-25-51(39)70-53-27-17-13-23-41(53)60(58)66(47)70)72(62(43)49)64(45)56(35-18-8-7-9-19-35)63(44)71-54-33-46-38-20-10-14-24-50(38)69-52-26-16-12-22-40(52)59(65(46)69)57(54)48(30-36)61(42)71/h7-34H,1-6H3. The zero-order valence-corrected chi connectivity index (χ0v) is 41.0. The maximum absolute atomic E-state index is 2.71. The van der Waals surface area contributed by atoms with Crippen LogP contribution in [-0.4, -0.2) is 17.6 Å². The van der Waals surface area contributed by atoms with Crippen molar-refractivity contribution in [2.45, 2.75) is 52.4 Å². The average Bonchev–Trinajstić information content (AvgIpc) is 4.28. The lowest BCUT2D eigenvalue weighted by molar-refractivity contribution is 0.591. The van der Waals surface area contributed by atoms with Crippen molar-refractivity contribution in [3.8, 4) is 11.1 Å². The lowest BCUT2D eigenvalue weighted by Gasteiger charge is -2.20. The molecule has 0 fully saturated rings. The molecular formula is C68H46N4. The number of hydrogen-bond acceptors (Lipinski definition) is 0. The van der Waals surface area contributed by atoms with Gasteiger partial charge in [0.15, 0.2) is 0 Å². The van der Waals surface area contributed by atoms with E-state index in [4.69, 9.17) is 0 Å². The number of nitrogens with zero attached hydrogens (tertiary/aromatic N) is 4. The van der Waals surface area contributed by atoms with Crippen LogP contribution in [0.2, 0.25) is 0 Å². The Labute approximate surface area is 412 Å². The van der Waals surface area contributed by atoms with Crippen molar-refractivity contribution in [1.29, 1.82) is 0 Å². The Morgan fingerprint density at radius 3 is 1.03 bits per heavy atom. The third kappa shape index (κ3) is 4.18. The molecule has 18 aromatic rings. The minimum atomic E-state index is -0.0863. The van der Waals surface area contributed by atoms with Crippen LogP contribution >= 0.6 is 0 Å². The van der Waals surface area contributed by atoms with Crippen molar-refractivity contribution in [2.75, 3.05) is 0 Å². The van der Waals surface area contributed by atoms with Crippen molar-refractivity contribution in [3.63, 3.8) is 0 Å². The molecule has 0 spiro atoms. The Kier molecular flexibility index (Phi) is 6.42. The predicted molar refractivity (Wildman–Crippen MR) is 308 cm³/mol. The zero-order chi connectivity index (χ0) is 47.6. The first-order valence-corrected chi connectivity index (χ1v) is 25.7. The Bertz CT molecular complexity index is 5130. The third-order valence-electron chi connectivity index (χ3n) is 17.5. The highest BCUT2D eigenvalue weighted by Gasteiger charge is 2.33. The van der Waals surface area contributed by atoms with Gasteiger partial charge in [0, 0.05) is 91.7 Å². The predicted octanol–water partition coefficient (Wildman–Crippen LogP) is 18.5. The molecule has 4 heteroatoms. The molecule has 0 aliphatic carbocycles. The molecule has 0 saturated carbocycles. The SMILES string of the molecule is CC(C)(C)c1cc2c3cc4c5cc(C(C)(C)C)cc6c7c8c9ccccc9n9c%10ccccc%10c(cc7n(c4c(-c4ccccc4)c3n3c4cc7c%10ccccc%10n%10c%11ccccc%11c(c4c(c1)c23)c7%10)c56)c89. The Balaban J connectivity index is 1.16. The molecule has 0 amide bonds. The van der Waals surface area contributed by atoms with E-state index in [1.807, 2.05) is 0 Å². The molecule has 0 aliphatic heterocycles. The molecule has 10 aromatic carbocycles.